The van der Waals surface area contributed by atoms with Crippen LogP contribution in [0, 0.1) is 12.8 Å². The number of piperidine rings is 1. The fourth-order valence-corrected chi connectivity index (χ4v) is 3.79. The van der Waals surface area contributed by atoms with E-state index in [0.717, 1.165) is 37.1 Å². The number of hydrogen-bond donors (Lipinski definition) is 2. The van der Waals surface area contributed by atoms with Gasteiger partial charge in [0.05, 0.1) is 0 Å². The summed E-state index contributed by atoms with van der Waals surface area (Å²) in [6.45, 7) is 9.60. The predicted molar refractivity (Wildman–Crippen MR) is 103 cm³/mol. The lowest BCUT2D eigenvalue weighted by Gasteiger charge is -2.27. The second-order valence-corrected chi connectivity index (χ2v) is 7.89. The summed E-state index contributed by atoms with van der Waals surface area (Å²) in [4.78, 5) is 13.7. The van der Waals surface area contributed by atoms with Gasteiger partial charge in [0.15, 0.2) is 0 Å². The minimum atomic E-state index is 0. The van der Waals surface area contributed by atoms with Crippen LogP contribution in [0.25, 0.3) is 0 Å². The lowest BCUT2D eigenvalue weighted by molar-refractivity contribution is -0.120. The Morgan fingerprint density at radius 1 is 1.48 bits per heavy atom. The number of nitrogens with one attached hydrogen (secondary N) is 2. The van der Waals surface area contributed by atoms with E-state index in [4.69, 9.17) is 0 Å². The molecule has 0 aliphatic carbocycles. The van der Waals surface area contributed by atoms with Crippen molar-refractivity contribution < 1.29 is 4.79 Å². The molecule has 0 aromatic heterocycles. The van der Waals surface area contributed by atoms with Crippen LogP contribution in [0.3, 0.4) is 0 Å². The number of carbonyl (C=O) groups excluding carboxylic acids is 1. The van der Waals surface area contributed by atoms with Crippen molar-refractivity contribution in [2.75, 3.05) is 11.9 Å². The van der Waals surface area contributed by atoms with Gasteiger partial charge in [-0.05, 0) is 63.4 Å². The second kappa shape index (κ2) is 9.55. The van der Waals surface area contributed by atoms with Crippen molar-refractivity contribution in [3.63, 3.8) is 0 Å². The van der Waals surface area contributed by atoms with Gasteiger partial charge in [0, 0.05) is 27.8 Å². The van der Waals surface area contributed by atoms with Crippen molar-refractivity contribution in [2.24, 2.45) is 5.92 Å². The third kappa shape index (κ3) is 6.02. The highest BCUT2D eigenvalue weighted by atomic mass is 35.5. The van der Waals surface area contributed by atoms with Crippen molar-refractivity contribution in [2.45, 2.75) is 63.1 Å². The fraction of sp³-hybridized carbons (Fsp3) is 0.611. The number of hydrogen-bond acceptors (Lipinski definition) is 3. The lowest BCUT2D eigenvalue weighted by atomic mass is 9.92. The van der Waals surface area contributed by atoms with Gasteiger partial charge in [-0.15, -0.1) is 24.2 Å². The Kier molecular flexibility index (Phi) is 8.45. The summed E-state index contributed by atoms with van der Waals surface area (Å²) in [6.07, 6.45) is 3.01. The smallest absolute Gasteiger partial charge is 0.227 e. The molecule has 0 spiro atoms. The van der Waals surface area contributed by atoms with Crippen molar-refractivity contribution in [3.8, 4) is 0 Å². The molecular formula is C18H29ClN2OS. The van der Waals surface area contributed by atoms with Crippen LogP contribution in [-0.4, -0.2) is 23.7 Å². The maximum Gasteiger partial charge on any atom is 0.227 e. The molecule has 3 nitrogen and oxygen atoms in total. The Hall–Kier alpha value is -0.710. The highest BCUT2D eigenvalue weighted by molar-refractivity contribution is 7.99. The first-order chi connectivity index (χ1) is 10.5. The van der Waals surface area contributed by atoms with Gasteiger partial charge >= 0.3 is 0 Å². The van der Waals surface area contributed by atoms with Gasteiger partial charge in [-0.25, -0.2) is 0 Å². The summed E-state index contributed by atoms with van der Waals surface area (Å²) in [5, 5.41) is 7.13. The number of rotatable bonds is 5. The Morgan fingerprint density at radius 2 is 2.22 bits per heavy atom. The zero-order valence-corrected chi connectivity index (χ0v) is 16.2. The Bertz CT molecular complexity index is 524. The van der Waals surface area contributed by atoms with E-state index >= 15 is 0 Å². The molecule has 1 fully saturated rings. The van der Waals surface area contributed by atoms with Gasteiger partial charge < -0.3 is 10.6 Å². The van der Waals surface area contributed by atoms with Crippen LogP contribution >= 0.6 is 24.2 Å². The molecule has 1 aromatic rings. The van der Waals surface area contributed by atoms with Gasteiger partial charge in [0.2, 0.25) is 5.91 Å². The highest BCUT2D eigenvalue weighted by Gasteiger charge is 2.24. The van der Waals surface area contributed by atoms with Gasteiger partial charge in [0.1, 0.15) is 0 Å². The van der Waals surface area contributed by atoms with Crippen LogP contribution in [0.4, 0.5) is 5.69 Å². The quantitative estimate of drug-likeness (QED) is 0.755. The summed E-state index contributed by atoms with van der Waals surface area (Å²) < 4.78 is 0. The number of anilines is 1. The van der Waals surface area contributed by atoms with E-state index in [-0.39, 0.29) is 24.2 Å². The van der Waals surface area contributed by atoms with E-state index in [1.165, 1.54) is 4.90 Å². The molecule has 1 heterocycles. The highest BCUT2D eigenvalue weighted by Crippen LogP contribution is 2.29. The zero-order valence-electron chi connectivity index (χ0n) is 14.5. The molecule has 0 saturated carbocycles. The molecule has 23 heavy (non-hydrogen) atoms. The molecule has 2 rings (SSSR count). The van der Waals surface area contributed by atoms with Crippen molar-refractivity contribution in [1.29, 1.82) is 0 Å². The number of aryl methyl sites for hydroxylation is 1. The number of benzene rings is 1. The summed E-state index contributed by atoms with van der Waals surface area (Å²) in [7, 11) is 0. The van der Waals surface area contributed by atoms with Crippen LogP contribution in [0.15, 0.2) is 23.1 Å². The monoisotopic (exact) mass is 356 g/mol. The van der Waals surface area contributed by atoms with E-state index in [1.807, 2.05) is 17.8 Å². The third-order valence-corrected chi connectivity index (χ3v) is 5.62. The Balaban J connectivity index is 0.00000264. The average molecular weight is 357 g/mol. The van der Waals surface area contributed by atoms with Crippen LogP contribution in [0.1, 0.15) is 45.6 Å². The molecule has 2 N–H and O–H groups in total. The largest absolute Gasteiger partial charge is 0.326 e. The maximum absolute atomic E-state index is 12.4. The molecule has 3 atom stereocenters. The van der Waals surface area contributed by atoms with E-state index in [1.54, 1.807) is 0 Å². The number of halogens is 1. The molecule has 1 saturated heterocycles. The SMILES string of the molecule is CCC(C)Sc1ccc(NC(=O)[C@H]2CCN[C@@H](C)C2)c(C)c1.Cl. The van der Waals surface area contributed by atoms with Gasteiger partial charge in [-0.2, -0.15) is 0 Å². The van der Waals surface area contributed by atoms with Crippen LogP contribution < -0.4 is 10.6 Å². The summed E-state index contributed by atoms with van der Waals surface area (Å²) in [6, 6.07) is 6.77. The molecule has 0 radical (unpaired) electrons. The molecule has 1 amide bonds. The standard InChI is InChI=1S/C18H28N2OS.ClH/c1-5-14(4)22-16-6-7-17(12(2)10-16)20-18(21)15-8-9-19-13(3)11-15;/h6-7,10,13-15,19H,5,8-9,11H2,1-4H3,(H,20,21);1H/t13-,14?,15-;/m0./s1. The normalized spacial score (nSPS) is 22.1. The molecule has 1 aliphatic heterocycles. The third-order valence-electron chi connectivity index (χ3n) is 4.36. The number of amides is 1. The van der Waals surface area contributed by atoms with Crippen molar-refractivity contribution in [3.05, 3.63) is 23.8 Å². The first-order valence-corrected chi connectivity index (χ1v) is 9.19. The molecule has 0 bridgehead atoms. The van der Waals surface area contributed by atoms with Crippen LogP contribution in [0.5, 0.6) is 0 Å². The summed E-state index contributed by atoms with van der Waals surface area (Å²) in [5.41, 5.74) is 2.09. The lowest BCUT2D eigenvalue weighted by Crippen LogP contribution is -2.40. The van der Waals surface area contributed by atoms with Gasteiger partial charge in [-0.1, -0.05) is 13.8 Å². The van der Waals surface area contributed by atoms with Crippen molar-refractivity contribution >= 4 is 35.8 Å². The average Bonchev–Trinajstić information content (AvgIpc) is 2.49. The minimum absolute atomic E-state index is 0. The second-order valence-electron chi connectivity index (χ2n) is 6.38. The predicted octanol–water partition coefficient (Wildman–Crippen LogP) is 4.63. The fourth-order valence-electron chi connectivity index (χ4n) is 2.77. The molecule has 5 heteroatoms. The van der Waals surface area contributed by atoms with E-state index in [9.17, 15) is 4.79 Å². The molecule has 1 unspecified atom stereocenters. The van der Waals surface area contributed by atoms with E-state index in [0.29, 0.717) is 11.3 Å². The van der Waals surface area contributed by atoms with Crippen LogP contribution in [0.2, 0.25) is 0 Å². The zero-order chi connectivity index (χ0) is 16.1. The maximum atomic E-state index is 12.4. The molecule has 130 valence electrons. The Morgan fingerprint density at radius 3 is 2.83 bits per heavy atom. The first-order valence-electron chi connectivity index (χ1n) is 8.31. The summed E-state index contributed by atoms with van der Waals surface area (Å²) >= 11 is 1.89. The number of thioether (sulfide) groups is 1. The van der Waals surface area contributed by atoms with Gasteiger partial charge in [0.25, 0.3) is 0 Å². The number of carbonyl (C=O) groups is 1. The molecule has 1 aliphatic rings. The van der Waals surface area contributed by atoms with Gasteiger partial charge in [-0.3, -0.25) is 4.79 Å². The Labute approximate surface area is 150 Å². The van der Waals surface area contributed by atoms with E-state index in [2.05, 4.69) is 50.5 Å². The van der Waals surface area contributed by atoms with Crippen LogP contribution in [-0.2, 0) is 4.79 Å². The van der Waals surface area contributed by atoms with E-state index < -0.39 is 0 Å². The topological polar surface area (TPSA) is 41.1 Å². The molecular weight excluding hydrogens is 328 g/mol. The summed E-state index contributed by atoms with van der Waals surface area (Å²) in [5.74, 6) is 0.295. The minimum Gasteiger partial charge on any atom is -0.326 e. The van der Waals surface area contributed by atoms with Crippen molar-refractivity contribution in [1.82, 2.24) is 5.32 Å². The first kappa shape index (κ1) is 20.3. The molecule has 1 aromatic carbocycles.